The third-order valence-corrected chi connectivity index (χ3v) is 4.87. The molecule has 2 rings (SSSR count). The fraction of sp³-hybridized carbons (Fsp3) is 0.316. The molecule has 0 heterocycles. The molecule has 0 saturated heterocycles. The summed E-state index contributed by atoms with van der Waals surface area (Å²) < 4.78 is 28.1. The number of amides is 1. The van der Waals surface area contributed by atoms with Crippen LogP contribution in [0.1, 0.15) is 17.5 Å². The Morgan fingerprint density at radius 1 is 1.19 bits per heavy atom. The van der Waals surface area contributed by atoms with Gasteiger partial charge in [0.15, 0.2) is 0 Å². The molecule has 0 aliphatic rings. The molecule has 0 aliphatic carbocycles. The summed E-state index contributed by atoms with van der Waals surface area (Å²) in [7, 11) is -3.15. The monoisotopic (exact) mass is 412 g/mol. The van der Waals surface area contributed by atoms with Gasteiger partial charge in [-0.2, -0.15) is 0 Å². The molecule has 2 aromatic rings. The van der Waals surface area contributed by atoms with E-state index in [0.29, 0.717) is 18.0 Å². The third-order valence-electron chi connectivity index (χ3n) is 3.89. The van der Waals surface area contributed by atoms with Crippen molar-refractivity contribution in [2.75, 3.05) is 17.3 Å². The van der Waals surface area contributed by atoms with Crippen LogP contribution in [-0.2, 0) is 21.2 Å². The minimum absolute atomic E-state index is 0. The van der Waals surface area contributed by atoms with Gasteiger partial charge in [-0.05, 0) is 36.6 Å². The van der Waals surface area contributed by atoms with Crippen LogP contribution in [0.3, 0.4) is 0 Å². The van der Waals surface area contributed by atoms with Gasteiger partial charge in [0, 0.05) is 18.0 Å². The number of sulfone groups is 1. The Hall–Kier alpha value is -2.09. The van der Waals surface area contributed by atoms with Crippen LogP contribution in [0.4, 0.5) is 5.69 Å². The highest BCUT2D eigenvalue weighted by Crippen LogP contribution is 2.19. The van der Waals surface area contributed by atoms with Crippen LogP contribution in [0.15, 0.2) is 48.5 Å². The van der Waals surface area contributed by atoms with E-state index >= 15 is 0 Å². The summed E-state index contributed by atoms with van der Waals surface area (Å²) in [5.41, 5.74) is 8.54. The van der Waals surface area contributed by atoms with Crippen LogP contribution in [0, 0.1) is 6.92 Å². The third kappa shape index (κ3) is 7.99. The fourth-order valence-electron chi connectivity index (χ4n) is 2.30. The molecular weight excluding hydrogens is 388 g/mol. The number of halogens is 1. The van der Waals surface area contributed by atoms with Crippen LogP contribution < -0.4 is 15.8 Å². The number of nitrogens with two attached hydrogens (primary N) is 1. The van der Waals surface area contributed by atoms with Gasteiger partial charge >= 0.3 is 0 Å². The number of benzene rings is 2. The quantitative estimate of drug-likeness (QED) is 0.694. The van der Waals surface area contributed by atoms with E-state index in [-0.39, 0.29) is 24.6 Å². The minimum atomic E-state index is -3.15. The van der Waals surface area contributed by atoms with Crippen LogP contribution in [0.25, 0.3) is 0 Å². The molecule has 3 N–H and O–H groups in total. The summed E-state index contributed by atoms with van der Waals surface area (Å²) in [5.74, 6) is 0.0710. The number of hydrogen-bond donors (Lipinski definition) is 2. The molecule has 0 aromatic heterocycles. The number of hydrogen-bond acceptors (Lipinski definition) is 5. The van der Waals surface area contributed by atoms with Gasteiger partial charge in [0.1, 0.15) is 22.2 Å². The average molecular weight is 413 g/mol. The van der Waals surface area contributed by atoms with E-state index in [0.717, 1.165) is 17.4 Å². The molecule has 1 atom stereocenters. The Labute approximate surface area is 166 Å². The molecule has 1 amide bonds. The van der Waals surface area contributed by atoms with Gasteiger partial charge in [0.05, 0.1) is 11.8 Å². The molecule has 0 spiro atoms. The zero-order valence-electron chi connectivity index (χ0n) is 15.3. The maximum absolute atomic E-state index is 12.1. The zero-order chi connectivity index (χ0) is 19.2. The van der Waals surface area contributed by atoms with Crippen molar-refractivity contribution >= 4 is 33.8 Å². The van der Waals surface area contributed by atoms with Gasteiger partial charge in [0.2, 0.25) is 5.91 Å². The van der Waals surface area contributed by atoms with E-state index in [4.69, 9.17) is 10.5 Å². The number of rotatable bonds is 8. The first kappa shape index (κ1) is 23.0. The molecular formula is C19H25ClN2O4S. The highest BCUT2D eigenvalue weighted by molar-refractivity contribution is 7.90. The van der Waals surface area contributed by atoms with Crippen molar-refractivity contribution in [2.45, 2.75) is 26.0 Å². The first-order valence-corrected chi connectivity index (χ1v) is 10.3. The zero-order valence-corrected chi connectivity index (χ0v) is 17.0. The van der Waals surface area contributed by atoms with E-state index in [2.05, 4.69) is 5.32 Å². The number of nitrogens with one attached hydrogen (secondary N) is 1. The van der Waals surface area contributed by atoms with Gasteiger partial charge < -0.3 is 15.8 Å². The predicted molar refractivity (Wildman–Crippen MR) is 110 cm³/mol. The summed E-state index contributed by atoms with van der Waals surface area (Å²) in [6.45, 7) is 2.45. The SMILES string of the molecule is Cc1ccccc1COc1cccc(NC(=O)C(N)CCS(C)(=O)=O)c1.Cl. The van der Waals surface area contributed by atoms with E-state index in [1.54, 1.807) is 24.3 Å². The first-order valence-electron chi connectivity index (χ1n) is 8.26. The van der Waals surface area contributed by atoms with Crippen molar-refractivity contribution in [1.29, 1.82) is 0 Å². The van der Waals surface area contributed by atoms with Crippen molar-refractivity contribution in [3.8, 4) is 5.75 Å². The van der Waals surface area contributed by atoms with Crippen molar-refractivity contribution in [3.05, 3.63) is 59.7 Å². The summed E-state index contributed by atoms with van der Waals surface area (Å²) in [6, 6.07) is 14.1. The molecule has 0 saturated carbocycles. The van der Waals surface area contributed by atoms with Gasteiger partial charge in [-0.3, -0.25) is 4.79 Å². The minimum Gasteiger partial charge on any atom is -0.489 e. The molecule has 0 bridgehead atoms. The molecule has 1 unspecified atom stereocenters. The van der Waals surface area contributed by atoms with E-state index in [9.17, 15) is 13.2 Å². The van der Waals surface area contributed by atoms with Gasteiger partial charge in [-0.15, -0.1) is 12.4 Å². The smallest absolute Gasteiger partial charge is 0.241 e. The van der Waals surface area contributed by atoms with Crippen molar-refractivity contribution in [3.63, 3.8) is 0 Å². The van der Waals surface area contributed by atoms with E-state index < -0.39 is 21.8 Å². The molecule has 6 nitrogen and oxygen atoms in total. The molecule has 0 fully saturated rings. The predicted octanol–water partition coefficient (Wildman–Crippen LogP) is 2.70. The Bertz CT molecular complexity index is 872. The second-order valence-corrected chi connectivity index (χ2v) is 8.52. The highest BCUT2D eigenvalue weighted by atomic mass is 35.5. The van der Waals surface area contributed by atoms with Crippen LogP contribution in [0.5, 0.6) is 5.75 Å². The summed E-state index contributed by atoms with van der Waals surface area (Å²) in [6.07, 6.45) is 1.20. The maximum atomic E-state index is 12.1. The van der Waals surface area contributed by atoms with Crippen LogP contribution >= 0.6 is 12.4 Å². The Morgan fingerprint density at radius 3 is 2.56 bits per heavy atom. The lowest BCUT2D eigenvalue weighted by Crippen LogP contribution is -2.37. The molecule has 27 heavy (non-hydrogen) atoms. The standard InChI is InChI=1S/C19H24N2O4S.ClH/c1-14-6-3-4-7-15(14)13-25-17-9-5-8-16(12-17)21-19(22)18(20)10-11-26(2,23)24;/h3-9,12,18H,10-11,13,20H2,1-2H3,(H,21,22);1H. The van der Waals surface area contributed by atoms with Crippen LogP contribution in [0.2, 0.25) is 0 Å². The second kappa shape index (κ2) is 10.3. The number of carbonyl (C=O) groups excluding carboxylic acids is 1. The van der Waals surface area contributed by atoms with Crippen LogP contribution in [-0.4, -0.2) is 32.4 Å². The average Bonchev–Trinajstić information content (AvgIpc) is 2.58. The Kier molecular flexibility index (Phi) is 8.75. The number of anilines is 1. The summed E-state index contributed by atoms with van der Waals surface area (Å²) in [5, 5.41) is 2.69. The van der Waals surface area contributed by atoms with Crippen molar-refractivity contribution in [1.82, 2.24) is 0 Å². The van der Waals surface area contributed by atoms with Crippen molar-refractivity contribution < 1.29 is 17.9 Å². The van der Waals surface area contributed by atoms with E-state index in [1.165, 1.54) is 0 Å². The molecule has 0 radical (unpaired) electrons. The molecule has 2 aromatic carbocycles. The maximum Gasteiger partial charge on any atom is 0.241 e. The lowest BCUT2D eigenvalue weighted by molar-refractivity contribution is -0.117. The molecule has 148 valence electrons. The topological polar surface area (TPSA) is 98.5 Å². The summed E-state index contributed by atoms with van der Waals surface area (Å²) >= 11 is 0. The van der Waals surface area contributed by atoms with Gasteiger partial charge in [-0.25, -0.2) is 8.42 Å². The van der Waals surface area contributed by atoms with Gasteiger partial charge in [0.25, 0.3) is 0 Å². The van der Waals surface area contributed by atoms with Crippen molar-refractivity contribution in [2.24, 2.45) is 5.73 Å². The van der Waals surface area contributed by atoms with Gasteiger partial charge in [-0.1, -0.05) is 30.3 Å². The second-order valence-electron chi connectivity index (χ2n) is 6.26. The Morgan fingerprint density at radius 2 is 1.89 bits per heavy atom. The largest absolute Gasteiger partial charge is 0.489 e. The normalized spacial score (nSPS) is 12.0. The summed E-state index contributed by atoms with van der Waals surface area (Å²) in [4.78, 5) is 12.1. The fourth-order valence-corrected chi connectivity index (χ4v) is 2.99. The molecule has 0 aliphatic heterocycles. The number of ether oxygens (including phenoxy) is 1. The molecule has 8 heteroatoms. The highest BCUT2D eigenvalue weighted by Gasteiger charge is 2.16. The lowest BCUT2D eigenvalue weighted by Gasteiger charge is -2.13. The first-order chi connectivity index (χ1) is 12.2. The Balaban J connectivity index is 0.00000364. The number of aryl methyl sites for hydroxylation is 1. The van der Waals surface area contributed by atoms with E-state index in [1.807, 2.05) is 31.2 Å². The lowest BCUT2D eigenvalue weighted by atomic mass is 10.1. The number of carbonyl (C=O) groups is 1.